The summed E-state index contributed by atoms with van der Waals surface area (Å²) in [6.45, 7) is 0. The number of nitrogens with one attached hydrogen (secondary N) is 1. The number of rotatable bonds is 2. The number of benzene rings is 1. The van der Waals surface area contributed by atoms with Crippen LogP contribution in [0, 0.1) is 0 Å². The summed E-state index contributed by atoms with van der Waals surface area (Å²) in [7, 11) is 1.21. The summed E-state index contributed by atoms with van der Waals surface area (Å²) in [5, 5.41) is 21.8. The molecule has 6 nitrogen and oxygen atoms in total. The van der Waals surface area contributed by atoms with E-state index >= 15 is 0 Å². The fourth-order valence-electron chi connectivity index (χ4n) is 0.841. The third-order valence-corrected chi connectivity index (χ3v) is 1.56. The normalized spacial score (nSPS) is 10.2. The van der Waals surface area contributed by atoms with Crippen LogP contribution >= 0.6 is 0 Å². The first kappa shape index (κ1) is 10.8. The Morgan fingerprint density at radius 2 is 2.27 bits per heavy atom. The van der Waals surface area contributed by atoms with Gasteiger partial charge in [-0.3, -0.25) is 0 Å². The molecule has 0 aliphatic heterocycles. The van der Waals surface area contributed by atoms with Crippen molar-refractivity contribution in [3.63, 3.8) is 0 Å². The highest BCUT2D eigenvalue weighted by Gasteiger charge is 1.99. The minimum absolute atomic E-state index is 0.0504. The van der Waals surface area contributed by atoms with Crippen LogP contribution < -0.4 is 5.43 Å². The van der Waals surface area contributed by atoms with E-state index in [-0.39, 0.29) is 11.5 Å². The van der Waals surface area contributed by atoms with Gasteiger partial charge in [-0.25, -0.2) is 10.2 Å². The molecular formula is C9H10N2O4. The maximum Gasteiger partial charge on any atom is 0.427 e. The molecular weight excluding hydrogens is 200 g/mol. The Hall–Kier alpha value is -2.24. The van der Waals surface area contributed by atoms with E-state index in [1.807, 2.05) is 0 Å². The number of aromatic hydroxyl groups is 2. The molecule has 15 heavy (non-hydrogen) atoms. The van der Waals surface area contributed by atoms with Gasteiger partial charge in [0.1, 0.15) is 11.5 Å². The average Bonchev–Trinajstić information content (AvgIpc) is 2.21. The zero-order valence-electron chi connectivity index (χ0n) is 7.97. The molecule has 0 aromatic heterocycles. The summed E-state index contributed by atoms with van der Waals surface area (Å²) in [6, 6.07) is 4.01. The van der Waals surface area contributed by atoms with E-state index < -0.39 is 6.09 Å². The standard InChI is InChI=1S/C9H10N2O4/c1-15-9(14)11-10-5-6-2-3-7(12)4-8(6)13/h2-5,12-13H,1H3,(H,11,14)/b10-5-. The van der Waals surface area contributed by atoms with E-state index in [4.69, 9.17) is 5.11 Å². The highest BCUT2D eigenvalue weighted by molar-refractivity contribution is 5.84. The predicted molar refractivity (Wildman–Crippen MR) is 52.9 cm³/mol. The second-order valence-electron chi connectivity index (χ2n) is 2.60. The minimum Gasteiger partial charge on any atom is -0.508 e. The van der Waals surface area contributed by atoms with E-state index in [2.05, 4.69) is 15.3 Å². The lowest BCUT2D eigenvalue weighted by Crippen LogP contribution is -2.16. The minimum atomic E-state index is -0.704. The number of carbonyl (C=O) groups excluding carboxylic acids is 1. The second-order valence-corrected chi connectivity index (χ2v) is 2.60. The summed E-state index contributed by atoms with van der Waals surface area (Å²) in [5.41, 5.74) is 2.42. The van der Waals surface area contributed by atoms with E-state index in [1.165, 1.54) is 31.5 Å². The van der Waals surface area contributed by atoms with Crippen molar-refractivity contribution >= 4 is 12.3 Å². The van der Waals surface area contributed by atoms with Gasteiger partial charge in [-0.05, 0) is 12.1 Å². The van der Waals surface area contributed by atoms with Gasteiger partial charge in [0.15, 0.2) is 0 Å². The van der Waals surface area contributed by atoms with Crippen LogP contribution in [0.15, 0.2) is 23.3 Å². The molecule has 1 rings (SSSR count). The third-order valence-electron chi connectivity index (χ3n) is 1.56. The number of hydrogen-bond donors (Lipinski definition) is 3. The smallest absolute Gasteiger partial charge is 0.427 e. The number of hydrogen-bond acceptors (Lipinski definition) is 5. The Labute approximate surface area is 85.8 Å². The Morgan fingerprint density at radius 3 is 2.87 bits per heavy atom. The molecule has 1 amide bonds. The first-order valence-corrected chi connectivity index (χ1v) is 4.02. The topological polar surface area (TPSA) is 91.2 Å². The van der Waals surface area contributed by atoms with Crippen LogP contribution in [0.2, 0.25) is 0 Å². The number of phenolic OH excluding ortho intramolecular Hbond substituents is 2. The molecule has 0 unspecified atom stereocenters. The van der Waals surface area contributed by atoms with Crippen molar-refractivity contribution in [1.29, 1.82) is 0 Å². The first-order chi connectivity index (χ1) is 7.13. The molecule has 0 spiro atoms. The molecule has 0 aliphatic rings. The van der Waals surface area contributed by atoms with Crippen molar-refractivity contribution < 1.29 is 19.7 Å². The zero-order chi connectivity index (χ0) is 11.3. The van der Waals surface area contributed by atoms with Crippen LogP contribution in [0.1, 0.15) is 5.56 Å². The maximum absolute atomic E-state index is 10.6. The molecule has 1 aromatic carbocycles. The van der Waals surface area contributed by atoms with E-state index in [9.17, 15) is 9.90 Å². The first-order valence-electron chi connectivity index (χ1n) is 4.02. The Bertz CT molecular complexity index is 390. The van der Waals surface area contributed by atoms with Gasteiger partial charge < -0.3 is 14.9 Å². The number of amides is 1. The molecule has 3 N–H and O–H groups in total. The quantitative estimate of drug-likeness (QED) is 0.497. The molecule has 80 valence electrons. The summed E-state index contributed by atoms with van der Waals surface area (Å²) >= 11 is 0. The number of methoxy groups -OCH3 is 1. The molecule has 1 aromatic rings. The number of ether oxygens (including phenoxy) is 1. The molecule has 0 fully saturated rings. The Kier molecular flexibility index (Phi) is 3.50. The average molecular weight is 210 g/mol. The summed E-state index contributed by atoms with van der Waals surface area (Å²) < 4.78 is 4.27. The molecule has 0 saturated heterocycles. The van der Waals surface area contributed by atoms with Gasteiger partial charge in [-0.2, -0.15) is 5.10 Å². The van der Waals surface area contributed by atoms with Crippen LogP contribution in [0.25, 0.3) is 0 Å². The van der Waals surface area contributed by atoms with Crippen LogP contribution in [-0.2, 0) is 4.74 Å². The van der Waals surface area contributed by atoms with Crippen molar-refractivity contribution in [1.82, 2.24) is 5.43 Å². The van der Waals surface area contributed by atoms with Gasteiger partial charge in [0.05, 0.1) is 13.3 Å². The van der Waals surface area contributed by atoms with Gasteiger partial charge in [0.2, 0.25) is 0 Å². The van der Waals surface area contributed by atoms with Crippen LogP contribution in [0.3, 0.4) is 0 Å². The molecule has 0 saturated carbocycles. The van der Waals surface area contributed by atoms with Gasteiger partial charge in [0, 0.05) is 11.6 Å². The fourth-order valence-corrected chi connectivity index (χ4v) is 0.841. The summed E-state index contributed by atoms with van der Waals surface area (Å²) in [4.78, 5) is 10.6. The maximum atomic E-state index is 10.6. The zero-order valence-corrected chi connectivity index (χ0v) is 7.97. The van der Waals surface area contributed by atoms with Crippen molar-refractivity contribution in [2.24, 2.45) is 5.10 Å². The van der Waals surface area contributed by atoms with E-state index in [1.54, 1.807) is 0 Å². The van der Waals surface area contributed by atoms with E-state index in [0.717, 1.165) is 0 Å². The molecule has 0 aliphatic carbocycles. The highest BCUT2D eigenvalue weighted by Crippen LogP contribution is 2.20. The van der Waals surface area contributed by atoms with Crippen LogP contribution in [-0.4, -0.2) is 29.6 Å². The van der Waals surface area contributed by atoms with Gasteiger partial charge >= 0.3 is 6.09 Å². The van der Waals surface area contributed by atoms with Crippen molar-refractivity contribution in [3.05, 3.63) is 23.8 Å². The predicted octanol–water partition coefficient (Wildman–Crippen LogP) is 0.788. The van der Waals surface area contributed by atoms with Crippen molar-refractivity contribution in [2.45, 2.75) is 0 Å². The molecule has 0 atom stereocenters. The fraction of sp³-hybridized carbons (Fsp3) is 0.111. The molecule has 0 bridgehead atoms. The Balaban J connectivity index is 2.68. The van der Waals surface area contributed by atoms with Gasteiger partial charge in [0.25, 0.3) is 0 Å². The van der Waals surface area contributed by atoms with Crippen LogP contribution in [0.4, 0.5) is 4.79 Å². The summed E-state index contributed by atoms with van der Waals surface area (Å²) in [6.07, 6.45) is 0.524. The molecule has 6 heteroatoms. The number of hydrazone groups is 1. The Morgan fingerprint density at radius 1 is 1.53 bits per heavy atom. The summed E-state index contributed by atoms with van der Waals surface area (Å²) in [5.74, 6) is -0.184. The number of phenols is 2. The number of carbonyl (C=O) groups is 1. The highest BCUT2D eigenvalue weighted by atomic mass is 16.5. The number of nitrogens with zero attached hydrogens (tertiary/aromatic N) is 1. The van der Waals surface area contributed by atoms with Gasteiger partial charge in [-0.15, -0.1) is 0 Å². The van der Waals surface area contributed by atoms with E-state index in [0.29, 0.717) is 5.56 Å². The largest absolute Gasteiger partial charge is 0.508 e. The van der Waals surface area contributed by atoms with Gasteiger partial charge in [-0.1, -0.05) is 0 Å². The lowest BCUT2D eigenvalue weighted by molar-refractivity contribution is 0.171. The lowest BCUT2D eigenvalue weighted by Gasteiger charge is -1.99. The van der Waals surface area contributed by atoms with Crippen molar-refractivity contribution in [3.8, 4) is 11.5 Å². The second kappa shape index (κ2) is 4.85. The monoisotopic (exact) mass is 210 g/mol. The third kappa shape index (κ3) is 3.18. The van der Waals surface area contributed by atoms with Crippen molar-refractivity contribution in [2.75, 3.05) is 7.11 Å². The lowest BCUT2D eigenvalue weighted by atomic mass is 10.2. The SMILES string of the molecule is COC(=O)N/N=C\c1ccc(O)cc1O. The molecule has 0 radical (unpaired) electrons. The van der Waals surface area contributed by atoms with Crippen LogP contribution in [0.5, 0.6) is 11.5 Å². The molecule has 0 heterocycles.